The first-order chi connectivity index (χ1) is 15.1. The highest BCUT2D eigenvalue weighted by molar-refractivity contribution is 5.98. The number of hydrogen-bond donors (Lipinski definition) is 2. The van der Waals surface area contributed by atoms with Crippen LogP contribution >= 0.6 is 0 Å². The predicted octanol–water partition coefficient (Wildman–Crippen LogP) is 2.25. The molecule has 1 saturated heterocycles. The van der Waals surface area contributed by atoms with Gasteiger partial charge in [-0.25, -0.2) is 19.9 Å². The summed E-state index contributed by atoms with van der Waals surface area (Å²) < 4.78 is 12.8. The number of anilines is 1. The van der Waals surface area contributed by atoms with E-state index in [2.05, 4.69) is 25.3 Å². The quantitative estimate of drug-likeness (QED) is 0.514. The zero-order valence-electron chi connectivity index (χ0n) is 16.9. The molecule has 1 aliphatic heterocycles. The first kappa shape index (κ1) is 19.2. The Balaban J connectivity index is 1.60. The summed E-state index contributed by atoms with van der Waals surface area (Å²) in [6, 6.07) is 3.66. The fourth-order valence-corrected chi connectivity index (χ4v) is 3.66. The van der Waals surface area contributed by atoms with Crippen molar-refractivity contribution in [2.24, 2.45) is 0 Å². The van der Waals surface area contributed by atoms with E-state index in [0.717, 1.165) is 29.7 Å². The first-order valence-corrected chi connectivity index (χ1v) is 10.00. The molecular weight excluding hydrogens is 398 g/mol. The molecule has 4 aromatic heterocycles. The van der Waals surface area contributed by atoms with Crippen molar-refractivity contribution in [2.75, 3.05) is 18.9 Å². The van der Waals surface area contributed by atoms with E-state index in [1.165, 1.54) is 12.5 Å². The molecule has 10 nitrogen and oxygen atoms in total. The summed E-state index contributed by atoms with van der Waals surface area (Å²) in [5, 5.41) is 2.94. The number of carbonyl (C=O) groups excluding carboxylic acids is 1. The maximum Gasteiger partial charge on any atom is 0.274 e. The van der Waals surface area contributed by atoms with Crippen LogP contribution in [0.2, 0.25) is 0 Å². The van der Waals surface area contributed by atoms with Crippen LogP contribution in [0.3, 0.4) is 0 Å². The van der Waals surface area contributed by atoms with Crippen LogP contribution in [0.1, 0.15) is 29.0 Å². The number of ether oxygens (including phenoxy) is 1. The van der Waals surface area contributed by atoms with E-state index >= 15 is 0 Å². The number of pyridine rings is 1. The Hall–Kier alpha value is -3.79. The molecule has 1 fully saturated rings. The minimum atomic E-state index is -0.388. The SMILES string of the molecule is Cc1cnc2ccc(-c3nc(C(=O)N[C@H]4CCCOC4)c(N)nc3-c3ncco3)cn12. The molecule has 1 aliphatic rings. The third-order valence-corrected chi connectivity index (χ3v) is 5.23. The maximum absolute atomic E-state index is 12.9. The van der Waals surface area contributed by atoms with Crippen LogP contribution in [0.25, 0.3) is 28.5 Å². The fraction of sp³-hybridized carbons (Fsp3) is 0.286. The molecule has 158 valence electrons. The van der Waals surface area contributed by atoms with Gasteiger partial charge in [-0.1, -0.05) is 0 Å². The maximum atomic E-state index is 12.9. The zero-order valence-corrected chi connectivity index (χ0v) is 16.9. The molecule has 3 N–H and O–H groups in total. The van der Waals surface area contributed by atoms with Crippen molar-refractivity contribution in [1.29, 1.82) is 0 Å². The minimum Gasteiger partial charge on any atom is -0.443 e. The zero-order chi connectivity index (χ0) is 21.4. The summed E-state index contributed by atoms with van der Waals surface area (Å²) >= 11 is 0. The van der Waals surface area contributed by atoms with Crippen LogP contribution in [0.15, 0.2) is 41.4 Å². The summed E-state index contributed by atoms with van der Waals surface area (Å²) in [5.41, 5.74) is 9.48. The lowest BCUT2D eigenvalue weighted by atomic mass is 10.1. The summed E-state index contributed by atoms with van der Waals surface area (Å²) in [7, 11) is 0. The Kier molecular flexibility index (Phi) is 4.83. The van der Waals surface area contributed by atoms with Gasteiger partial charge in [0.2, 0.25) is 5.89 Å². The average molecular weight is 419 g/mol. The van der Waals surface area contributed by atoms with Crippen LogP contribution in [0.5, 0.6) is 0 Å². The largest absolute Gasteiger partial charge is 0.443 e. The molecule has 4 aromatic rings. The number of carbonyl (C=O) groups is 1. The summed E-state index contributed by atoms with van der Waals surface area (Å²) in [4.78, 5) is 30.5. The second-order valence-corrected chi connectivity index (χ2v) is 7.43. The number of nitrogens with zero attached hydrogens (tertiary/aromatic N) is 5. The van der Waals surface area contributed by atoms with Crippen molar-refractivity contribution < 1.29 is 13.9 Å². The molecule has 0 saturated carbocycles. The monoisotopic (exact) mass is 419 g/mol. The van der Waals surface area contributed by atoms with Gasteiger partial charge in [0, 0.05) is 30.3 Å². The first-order valence-electron chi connectivity index (χ1n) is 10.00. The lowest BCUT2D eigenvalue weighted by Crippen LogP contribution is -2.41. The highest BCUT2D eigenvalue weighted by Crippen LogP contribution is 2.30. The van der Waals surface area contributed by atoms with Crippen LogP contribution in [-0.2, 0) is 4.74 Å². The van der Waals surface area contributed by atoms with Gasteiger partial charge in [0.25, 0.3) is 5.91 Å². The Morgan fingerprint density at radius 1 is 1.26 bits per heavy atom. The van der Waals surface area contributed by atoms with E-state index in [-0.39, 0.29) is 29.4 Å². The summed E-state index contributed by atoms with van der Waals surface area (Å²) in [5.74, 6) is -0.115. The number of nitrogens with two attached hydrogens (primary N) is 1. The molecule has 0 spiro atoms. The van der Waals surface area contributed by atoms with Crippen molar-refractivity contribution in [1.82, 2.24) is 29.7 Å². The molecule has 1 atom stereocenters. The second-order valence-electron chi connectivity index (χ2n) is 7.43. The van der Waals surface area contributed by atoms with Crippen LogP contribution in [0, 0.1) is 6.92 Å². The molecule has 5 heterocycles. The highest BCUT2D eigenvalue weighted by atomic mass is 16.5. The Bertz CT molecular complexity index is 1240. The van der Waals surface area contributed by atoms with Gasteiger partial charge in [0.15, 0.2) is 17.2 Å². The number of nitrogens with one attached hydrogen (secondary N) is 1. The Morgan fingerprint density at radius 2 is 2.16 bits per heavy atom. The van der Waals surface area contributed by atoms with Crippen LogP contribution in [0.4, 0.5) is 5.82 Å². The molecule has 0 bridgehead atoms. The smallest absolute Gasteiger partial charge is 0.274 e. The van der Waals surface area contributed by atoms with Gasteiger partial charge >= 0.3 is 0 Å². The van der Waals surface area contributed by atoms with Crippen LogP contribution in [-0.4, -0.2) is 49.5 Å². The number of oxazole rings is 1. The number of aromatic nitrogens is 5. The van der Waals surface area contributed by atoms with Crippen molar-refractivity contribution in [2.45, 2.75) is 25.8 Å². The van der Waals surface area contributed by atoms with Gasteiger partial charge in [-0.3, -0.25) is 4.79 Å². The molecule has 1 amide bonds. The van der Waals surface area contributed by atoms with Crippen molar-refractivity contribution in [3.05, 3.63) is 48.4 Å². The number of hydrogen-bond acceptors (Lipinski definition) is 8. The van der Waals surface area contributed by atoms with Crippen molar-refractivity contribution >= 4 is 17.4 Å². The van der Waals surface area contributed by atoms with Crippen molar-refractivity contribution in [3.8, 4) is 22.8 Å². The summed E-state index contributed by atoms with van der Waals surface area (Å²) in [6.45, 7) is 3.13. The number of fused-ring (bicyclic) bond motifs is 1. The van der Waals surface area contributed by atoms with E-state index in [1.807, 2.05) is 29.7 Å². The van der Waals surface area contributed by atoms with E-state index < -0.39 is 0 Å². The molecule has 0 unspecified atom stereocenters. The lowest BCUT2D eigenvalue weighted by molar-refractivity contribution is 0.0622. The predicted molar refractivity (Wildman–Crippen MR) is 112 cm³/mol. The van der Waals surface area contributed by atoms with Gasteiger partial charge in [0.05, 0.1) is 18.8 Å². The third-order valence-electron chi connectivity index (χ3n) is 5.23. The molecule has 0 aliphatic carbocycles. The molecule has 31 heavy (non-hydrogen) atoms. The van der Waals surface area contributed by atoms with Gasteiger partial charge in [0.1, 0.15) is 17.6 Å². The average Bonchev–Trinajstić information content (AvgIpc) is 3.44. The van der Waals surface area contributed by atoms with E-state index in [9.17, 15) is 4.79 Å². The third kappa shape index (κ3) is 3.61. The van der Waals surface area contributed by atoms with E-state index in [4.69, 9.17) is 14.9 Å². The molecule has 5 rings (SSSR count). The Morgan fingerprint density at radius 3 is 2.94 bits per heavy atom. The topological polar surface area (TPSA) is 133 Å². The minimum absolute atomic E-state index is 0.00562. The molecular formula is C21H21N7O3. The normalized spacial score (nSPS) is 16.5. The molecule has 0 radical (unpaired) electrons. The standard InChI is InChI=1S/C21H21N7O3/c1-12-9-24-15-5-4-13(10-28(12)15)16-17(21-23-6-8-31-21)27-19(22)18(26-16)20(29)25-14-3-2-7-30-11-14/h4-6,8-10,14H,2-3,7,11H2,1H3,(H2,22,27)(H,25,29)/t14-/m0/s1. The second kappa shape index (κ2) is 7.80. The Labute approximate surface area is 177 Å². The van der Waals surface area contributed by atoms with Crippen LogP contribution < -0.4 is 11.1 Å². The van der Waals surface area contributed by atoms with Gasteiger partial charge in [-0.05, 0) is 31.9 Å². The molecule has 10 heteroatoms. The number of imidazole rings is 1. The number of rotatable bonds is 4. The fourth-order valence-electron chi connectivity index (χ4n) is 3.66. The van der Waals surface area contributed by atoms with Gasteiger partial charge < -0.3 is 24.6 Å². The van der Waals surface area contributed by atoms with Crippen molar-refractivity contribution in [3.63, 3.8) is 0 Å². The highest BCUT2D eigenvalue weighted by Gasteiger charge is 2.24. The van der Waals surface area contributed by atoms with E-state index in [0.29, 0.717) is 24.6 Å². The number of amides is 1. The summed E-state index contributed by atoms with van der Waals surface area (Å²) in [6.07, 6.45) is 8.38. The van der Waals surface area contributed by atoms with Gasteiger partial charge in [-0.15, -0.1) is 0 Å². The van der Waals surface area contributed by atoms with Gasteiger partial charge in [-0.2, -0.15) is 0 Å². The molecule has 0 aromatic carbocycles. The lowest BCUT2D eigenvalue weighted by Gasteiger charge is -2.23. The number of nitrogen functional groups attached to an aromatic ring is 1. The number of aryl methyl sites for hydroxylation is 1. The van der Waals surface area contributed by atoms with E-state index in [1.54, 1.807) is 6.20 Å².